The number of rotatable bonds is 5. The summed E-state index contributed by atoms with van der Waals surface area (Å²) in [4.78, 5) is 2.46. The Morgan fingerprint density at radius 3 is 2.43 bits per heavy atom. The van der Waals surface area contributed by atoms with E-state index in [0.29, 0.717) is 5.54 Å². The van der Waals surface area contributed by atoms with E-state index in [2.05, 4.69) is 63.3 Å². The number of benzene rings is 1. The lowest BCUT2D eigenvalue weighted by molar-refractivity contribution is 0.0749. The molecular formula is C19H32N2. The molecule has 1 aliphatic carbocycles. The van der Waals surface area contributed by atoms with Gasteiger partial charge in [-0.3, -0.25) is 0 Å². The minimum atomic E-state index is 0.344. The molecule has 2 nitrogen and oxygen atoms in total. The molecule has 2 heteroatoms. The number of nitrogens with zero attached hydrogens (tertiary/aromatic N) is 1. The molecule has 0 amide bonds. The molecular weight excluding hydrogens is 256 g/mol. The van der Waals surface area contributed by atoms with Crippen LogP contribution in [0, 0.1) is 19.8 Å². The smallest absolute Gasteiger partial charge is 0.0330 e. The zero-order valence-electron chi connectivity index (χ0n) is 14.5. The molecule has 0 spiro atoms. The fourth-order valence-electron chi connectivity index (χ4n) is 3.97. The van der Waals surface area contributed by atoms with Crippen LogP contribution in [0.4, 0.5) is 0 Å². The maximum Gasteiger partial charge on any atom is 0.0330 e. The number of aryl methyl sites for hydroxylation is 2. The fraction of sp³-hybridized carbons (Fsp3) is 0.684. The predicted octanol–water partition coefficient (Wildman–Crippen LogP) is 3.90. The number of hydrogen-bond acceptors (Lipinski definition) is 2. The van der Waals surface area contributed by atoms with Crippen molar-refractivity contribution in [3.8, 4) is 0 Å². The van der Waals surface area contributed by atoms with Crippen molar-refractivity contribution in [2.75, 3.05) is 20.6 Å². The quantitative estimate of drug-likeness (QED) is 0.884. The maximum absolute atomic E-state index is 3.73. The van der Waals surface area contributed by atoms with Crippen molar-refractivity contribution in [1.29, 1.82) is 0 Å². The monoisotopic (exact) mass is 288 g/mol. The Morgan fingerprint density at radius 1 is 1.19 bits per heavy atom. The normalized spacial score (nSPS) is 26.3. The van der Waals surface area contributed by atoms with Crippen LogP contribution in [0.5, 0.6) is 0 Å². The van der Waals surface area contributed by atoms with Crippen LogP contribution in [-0.4, -0.2) is 31.1 Å². The summed E-state index contributed by atoms with van der Waals surface area (Å²) in [6, 6.07) is 6.84. The molecule has 1 fully saturated rings. The molecule has 1 aromatic carbocycles. The standard InChI is InChI=1S/C19H32N2/c1-15-7-6-8-19(12-15,21(4)5)14-20-13-18-10-16(2)9-17(3)11-18/h9-11,15,20H,6-8,12-14H2,1-5H3. The third-order valence-corrected chi connectivity index (χ3v) is 5.08. The summed E-state index contributed by atoms with van der Waals surface area (Å²) >= 11 is 0. The summed E-state index contributed by atoms with van der Waals surface area (Å²) in [7, 11) is 4.49. The molecule has 0 saturated heterocycles. The van der Waals surface area contributed by atoms with Gasteiger partial charge in [-0.05, 0) is 52.3 Å². The van der Waals surface area contributed by atoms with E-state index in [0.717, 1.165) is 19.0 Å². The summed E-state index contributed by atoms with van der Waals surface area (Å²) in [6.45, 7) is 8.84. The minimum absolute atomic E-state index is 0.344. The van der Waals surface area contributed by atoms with E-state index in [4.69, 9.17) is 0 Å². The summed E-state index contributed by atoms with van der Waals surface area (Å²) in [5, 5.41) is 3.73. The van der Waals surface area contributed by atoms with Gasteiger partial charge in [0.15, 0.2) is 0 Å². The average Bonchev–Trinajstić information content (AvgIpc) is 2.37. The van der Waals surface area contributed by atoms with Gasteiger partial charge in [0, 0.05) is 18.6 Å². The van der Waals surface area contributed by atoms with Gasteiger partial charge in [0.05, 0.1) is 0 Å². The Hall–Kier alpha value is -0.860. The van der Waals surface area contributed by atoms with Gasteiger partial charge in [0.25, 0.3) is 0 Å². The first kappa shape index (κ1) is 16.5. The lowest BCUT2D eigenvalue weighted by atomic mass is 9.75. The topological polar surface area (TPSA) is 15.3 Å². The Balaban J connectivity index is 1.96. The minimum Gasteiger partial charge on any atom is -0.311 e. The summed E-state index contributed by atoms with van der Waals surface area (Å²) in [5.41, 5.74) is 4.47. The van der Waals surface area contributed by atoms with E-state index in [1.807, 2.05) is 0 Å². The zero-order valence-corrected chi connectivity index (χ0v) is 14.5. The van der Waals surface area contributed by atoms with Gasteiger partial charge in [-0.25, -0.2) is 0 Å². The van der Waals surface area contributed by atoms with Gasteiger partial charge < -0.3 is 10.2 Å². The summed E-state index contributed by atoms with van der Waals surface area (Å²) in [5.74, 6) is 0.851. The van der Waals surface area contributed by atoms with Gasteiger partial charge >= 0.3 is 0 Å². The van der Waals surface area contributed by atoms with Crippen molar-refractivity contribution in [3.05, 3.63) is 34.9 Å². The Labute approximate surface area is 130 Å². The van der Waals surface area contributed by atoms with Gasteiger partial charge in [-0.2, -0.15) is 0 Å². The predicted molar refractivity (Wildman–Crippen MR) is 91.7 cm³/mol. The Kier molecular flexibility index (Phi) is 5.45. The molecule has 0 aliphatic heterocycles. The highest BCUT2D eigenvalue weighted by atomic mass is 15.2. The SMILES string of the molecule is Cc1cc(C)cc(CNCC2(N(C)C)CCCC(C)C2)c1. The summed E-state index contributed by atoms with van der Waals surface area (Å²) in [6.07, 6.45) is 5.40. The molecule has 1 aromatic rings. The number of hydrogen-bond donors (Lipinski definition) is 1. The van der Waals surface area contributed by atoms with E-state index in [1.165, 1.54) is 42.4 Å². The molecule has 1 saturated carbocycles. The second-order valence-electron chi connectivity index (χ2n) is 7.42. The highest BCUT2D eigenvalue weighted by Crippen LogP contribution is 2.35. The van der Waals surface area contributed by atoms with Gasteiger partial charge in [-0.15, -0.1) is 0 Å². The lowest BCUT2D eigenvalue weighted by Gasteiger charge is -2.45. The van der Waals surface area contributed by atoms with Crippen molar-refractivity contribution in [2.24, 2.45) is 5.92 Å². The van der Waals surface area contributed by atoms with Crippen molar-refractivity contribution < 1.29 is 0 Å². The van der Waals surface area contributed by atoms with Crippen LogP contribution in [0.25, 0.3) is 0 Å². The Morgan fingerprint density at radius 2 is 1.86 bits per heavy atom. The van der Waals surface area contributed by atoms with Crippen LogP contribution in [-0.2, 0) is 6.54 Å². The van der Waals surface area contributed by atoms with Crippen molar-refractivity contribution in [1.82, 2.24) is 10.2 Å². The van der Waals surface area contributed by atoms with Gasteiger partial charge in [-0.1, -0.05) is 49.1 Å². The molecule has 2 atom stereocenters. The second-order valence-corrected chi connectivity index (χ2v) is 7.42. The molecule has 0 aromatic heterocycles. The highest BCUT2D eigenvalue weighted by Gasteiger charge is 2.36. The Bertz CT molecular complexity index is 446. The molecule has 2 unspecified atom stereocenters. The van der Waals surface area contributed by atoms with Gasteiger partial charge in [0.1, 0.15) is 0 Å². The first-order valence-electron chi connectivity index (χ1n) is 8.37. The maximum atomic E-state index is 3.73. The highest BCUT2D eigenvalue weighted by molar-refractivity contribution is 5.28. The molecule has 0 radical (unpaired) electrons. The molecule has 1 N–H and O–H groups in total. The molecule has 0 bridgehead atoms. The molecule has 0 heterocycles. The first-order chi connectivity index (χ1) is 9.91. The molecule has 118 valence electrons. The van der Waals surface area contributed by atoms with Crippen LogP contribution in [0.1, 0.15) is 49.3 Å². The van der Waals surface area contributed by atoms with Gasteiger partial charge in [0.2, 0.25) is 0 Å². The zero-order chi connectivity index (χ0) is 15.5. The van der Waals surface area contributed by atoms with E-state index < -0.39 is 0 Å². The van der Waals surface area contributed by atoms with E-state index >= 15 is 0 Å². The molecule has 1 aliphatic rings. The van der Waals surface area contributed by atoms with E-state index in [9.17, 15) is 0 Å². The molecule has 21 heavy (non-hydrogen) atoms. The average molecular weight is 288 g/mol. The van der Waals surface area contributed by atoms with E-state index in [-0.39, 0.29) is 0 Å². The van der Waals surface area contributed by atoms with Crippen LogP contribution in [0.2, 0.25) is 0 Å². The lowest BCUT2D eigenvalue weighted by Crippen LogP contribution is -2.54. The van der Waals surface area contributed by atoms with Crippen LogP contribution < -0.4 is 5.32 Å². The van der Waals surface area contributed by atoms with Crippen LogP contribution >= 0.6 is 0 Å². The van der Waals surface area contributed by atoms with Crippen molar-refractivity contribution in [2.45, 2.75) is 58.5 Å². The second kappa shape index (κ2) is 6.93. The number of likely N-dealkylation sites (N-methyl/N-ethyl adjacent to an activating group) is 1. The van der Waals surface area contributed by atoms with E-state index in [1.54, 1.807) is 0 Å². The largest absolute Gasteiger partial charge is 0.311 e. The first-order valence-corrected chi connectivity index (χ1v) is 8.37. The van der Waals surface area contributed by atoms with Crippen molar-refractivity contribution >= 4 is 0 Å². The fourth-order valence-corrected chi connectivity index (χ4v) is 3.97. The van der Waals surface area contributed by atoms with Crippen LogP contribution in [0.15, 0.2) is 18.2 Å². The van der Waals surface area contributed by atoms with Crippen LogP contribution in [0.3, 0.4) is 0 Å². The van der Waals surface area contributed by atoms with Crippen molar-refractivity contribution in [3.63, 3.8) is 0 Å². The summed E-state index contributed by atoms with van der Waals surface area (Å²) < 4.78 is 0. The third kappa shape index (κ3) is 4.31. The number of nitrogens with one attached hydrogen (secondary N) is 1. The third-order valence-electron chi connectivity index (χ3n) is 5.08. The molecule has 2 rings (SSSR count).